The van der Waals surface area contributed by atoms with Crippen LogP contribution in [-0.2, 0) is 11.3 Å². The van der Waals surface area contributed by atoms with E-state index >= 15 is 0 Å². The number of carbonyl (C=O) groups is 1. The van der Waals surface area contributed by atoms with Crippen molar-refractivity contribution in [2.75, 3.05) is 0 Å². The Balaban J connectivity index is 1.90. The van der Waals surface area contributed by atoms with Crippen LogP contribution < -0.4 is 5.32 Å². The van der Waals surface area contributed by atoms with Crippen LogP contribution in [0, 0.1) is 15.9 Å². The molecule has 0 aliphatic heterocycles. The van der Waals surface area contributed by atoms with E-state index in [1.807, 2.05) is 0 Å². The van der Waals surface area contributed by atoms with Crippen LogP contribution in [0.15, 0.2) is 42.5 Å². The third-order valence-electron chi connectivity index (χ3n) is 2.60. The van der Waals surface area contributed by atoms with Crippen molar-refractivity contribution in [3.63, 3.8) is 0 Å². The average Bonchev–Trinajstić information content (AvgIpc) is 2.93. The van der Waals surface area contributed by atoms with Crippen LogP contribution in [0.2, 0.25) is 0 Å². The lowest BCUT2D eigenvalue weighted by Gasteiger charge is -2.03. The Morgan fingerprint density at radius 3 is 2.76 bits per heavy atom. The first-order chi connectivity index (χ1) is 10.1. The molecular weight excluding hydrogens is 295 g/mol. The van der Waals surface area contributed by atoms with Gasteiger partial charge in [0.15, 0.2) is 0 Å². The van der Waals surface area contributed by atoms with E-state index in [9.17, 15) is 19.3 Å². The summed E-state index contributed by atoms with van der Waals surface area (Å²) in [5.74, 6) is -0.773. The van der Waals surface area contributed by atoms with Crippen LogP contribution in [-0.4, -0.2) is 10.8 Å². The summed E-state index contributed by atoms with van der Waals surface area (Å²) in [6.07, 6.45) is 2.74. The van der Waals surface area contributed by atoms with Crippen molar-refractivity contribution in [3.05, 3.63) is 68.8 Å². The van der Waals surface area contributed by atoms with Gasteiger partial charge in [0, 0.05) is 29.1 Å². The molecule has 21 heavy (non-hydrogen) atoms. The van der Waals surface area contributed by atoms with E-state index in [2.05, 4.69) is 5.32 Å². The highest BCUT2D eigenvalue weighted by atomic mass is 32.1. The molecule has 0 unspecified atom stereocenters. The largest absolute Gasteiger partial charge is 0.348 e. The van der Waals surface area contributed by atoms with Gasteiger partial charge in [-0.05, 0) is 18.2 Å². The van der Waals surface area contributed by atoms with E-state index in [1.54, 1.807) is 24.3 Å². The summed E-state index contributed by atoms with van der Waals surface area (Å²) in [5.41, 5.74) is 0.394. The standard InChI is InChI=1S/C14H11FN2O3S/c15-12-4-2-1-3-10(12)9-16-13(18)7-5-11-6-8-14(21-11)17(19)20/h1-8H,9H2,(H,16,18)/b7-5+. The summed E-state index contributed by atoms with van der Waals surface area (Å²) >= 11 is 0.974. The summed E-state index contributed by atoms with van der Waals surface area (Å²) in [6, 6.07) is 9.10. The van der Waals surface area contributed by atoms with Gasteiger partial charge in [-0.25, -0.2) is 4.39 Å². The fourth-order valence-electron chi connectivity index (χ4n) is 1.57. The molecule has 1 aromatic heterocycles. The summed E-state index contributed by atoms with van der Waals surface area (Å²) in [4.78, 5) is 22.2. The zero-order valence-corrected chi connectivity index (χ0v) is 11.6. The number of amides is 1. The van der Waals surface area contributed by atoms with Crippen LogP contribution in [0.3, 0.4) is 0 Å². The maximum Gasteiger partial charge on any atom is 0.324 e. The lowest BCUT2D eigenvalue weighted by Crippen LogP contribution is -2.20. The number of nitrogens with zero attached hydrogens (tertiary/aromatic N) is 1. The molecule has 5 nitrogen and oxygen atoms in total. The maximum atomic E-state index is 13.3. The Hall–Kier alpha value is -2.54. The zero-order chi connectivity index (χ0) is 15.2. The highest BCUT2D eigenvalue weighted by Gasteiger charge is 2.08. The number of halogens is 1. The van der Waals surface area contributed by atoms with Crippen LogP contribution in [0.25, 0.3) is 6.08 Å². The van der Waals surface area contributed by atoms with Gasteiger partial charge in [-0.2, -0.15) is 0 Å². The topological polar surface area (TPSA) is 72.2 Å². The van der Waals surface area contributed by atoms with E-state index in [0.717, 1.165) is 11.3 Å². The number of thiophene rings is 1. The molecule has 2 aromatic rings. The quantitative estimate of drug-likeness (QED) is 0.524. The van der Waals surface area contributed by atoms with E-state index < -0.39 is 10.8 Å². The molecule has 1 aromatic carbocycles. The smallest absolute Gasteiger partial charge is 0.324 e. The minimum Gasteiger partial charge on any atom is -0.348 e. The third kappa shape index (κ3) is 4.22. The molecule has 0 atom stereocenters. The second kappa shape index (κ2) is 6.76. The highest BCUT2D eigenvalue weighted by molar-refractivity contribution is 7.16. The first kappa shape index (κ1) is 14.9. The zero-order valence-electron chi connectivity index (χ0n) is 10.8. The SMILES string of the molecule is O=C(/C=C/c1ccc([N+](=O)[O-])s1)NCc1ccccc1F. The number of rotatable bonds is 5. The molecule has 0 radical (unpaired) electrons. The van der Waals surface area contributed by atoms with Gasteiger partial charge in [-0.1, -0.05) is 29.5 Å². The minimum atomic E-state index is -0.486. The molecule has 1 N–H and O–H groups in total. The molecule has 108 valence electrons. The fraction of sp³-hybridized carbons (Fsp3) is 0.0714. The van der Waals surface area contributed by atoms with Crippen molar-refractivity contribution in [1.82, 2.24) is 5.32 Å². The van der Waals surface area contributed by atoms with Gasteiger partial charge in [0.2, 0.25) is 5.91 Å². The average molecular weight is 306 g/mol. The highest BCUT2D eigenvalue weighted by Crippen LogP contribution is 2.24. The molecule has 0 aliphatic carbocycles. The molecule has 2 rings (SSSR count). The van der Waals surface area contributed by atoms with E-state index in [-0.39, 0.29) is 17.4 Å². The van der Waals surface area contributed by atoms with Gasteiger partial charge < -0.3 is 5.32 Å². The molecule has 0 fully saturated rings. The Bertz CT molecular complexity index is 697. The molecule has 0 saturated heterocycles. The number of hydrogen-bond acceptors (Lipinski definition) is 4. The van der Waals surface area contributed by atoms with Crippen molar-refractivity contribution >= 4 is 28.3 Å². The molecule has 0 spiro atoms. The van der Waals surface area contributed by atoms with Gasteiger partial charge in [0.25, 0.3) is 0 Å². The summed E-state index contributed by atoms with van der Waals surface area (Å²) in [7, 11) is 0. The fourth-order valence-corrected chi connectivity index (χ4v) is 2.30. The van der Waals surface area contributed by atoms with E-state index in [0.29, 0.717) is 10.4 Å². The number of nitro groups is 1. The minimum absolute atomic E-state index is 0.0152. The predicted molar refractivity (Wildman–Crippen MR) is 78.3 cm³/mol. The predicted octanol–water partition coefficient (Wildman–Crippen LogP) is 3.13. The number of nitrogens with one attached hydrogen (secondary N) is 1. The molecule has 0 aliphatic rings. The maximum absolute atomic E-state index is 13.3. The summed E-state index contributed by atoms with van der Waals surface area (Å²) in [6.45, 7) is 0.0838. The lowest BCUT2D eigenvalue weighted by atomic mass is 10.2. The Kier molecular flexibility index (Phi) is 4.78. The molecular formula is C14H11FN2O3S. The van der Waals surface area contributed by atoms with Crippen LogP contribution in [0.4, 0.5) is 9.39 Å². The van der Waals surface area contributed by atoms with Crippen molar-refractivity contribution in [1.29, 1.82) is 0 Å². The normalized spacial score (nSPS) is 10.7. The van der Waals surface area contributed by atoms with Crippen molar-refractivity contribution < 1.29 is 14.1 Å². The first-order valence-electron chi connectivity index (χ1n) is 6.00. The first-order valence-corrected chi connectivity index (χ1v) is 6.81. The van der Waals surface area contributed by atoms with Crippen molar-refractivity contribution in [3.8, 4) is 0 Å². The molecule has 0 bridgehead atoms. The van der Waals surface area contributed by atoms with Crippen LogP contribution in [0.5, 0.6) is 0 Å². The molecule has 1 amide bonds. The molecule has 0 saturated carbocycles. The monoisotopic (exact) mass is 306 g/mol. The Morgan fingerprint density at radius 2 is 2.10 bits per heavy atom. The molecule has 1 heterocycles. The number of carbonyl (C=O) groups excluding carboxylic acids is 1. The second-order valence-electron chi connectivity index (χ2n) is 4.08. The van der Waals surface area contributed by atoms with E-state index in [1.165, 1.54) is 24.3 Å². The second-order valence-corrected chi connectivity index (χ2v) is 5.17. The van der Waals surface area contributed by atoms with Gasteiger partial charge in [0.1, 0.15) is 5.82 Å². The summed E-state index contributed by atoms with van der Waals surface area (Å²) < 4.78 is 13.3. The van der Waals surface area contributed by atoms with Crippen molar-refractivity contribution in [2.24, 2.45) is 0 Å². The van der Waals surface area contributed by atoms with Gasteiger partial charge in [0.05, 0.1) is 4.92 Å². The van der Waals surface area contributed by atoms with Gasteiger partial charge >= 0.3 is 5.00 Å². The Labute approximate surface area is 123 Å². The lowest BCUT2D eigenvalue weighted by molar-refractivity contribution is -0.380. The number of hydrogen-bond donors (Lipinski definition) is 1. The Morgan fingerprint density at radius 1 is 1.33 bits per heavy atom. The summed E-state index contributed by atoms with van der Waals surface area (Å²) in [5, 5.41) is 13.1. The van der Waals surface area contributed by atoms with Gasteiger partial charge in [-0.3, -0.25) is 14.9 Å². The molecule has 7 heteroatoms. The van der Waals surface area contributed by atoms with Gasteiger partial charge in [-0.15, -0.1) is 0 Å². The van der Waals surface area contributed by atoms with Crippen LogP contribution in [0.1, 0.15) is 10.4 Å². The number of benzene rings is 1. The van der Waals surface area contributed by atoms with Crippen molar-refractivity contribution in [2.45, 2.75) is 6.54 Å². The third-order valence-corrected chi connectivity index (χ3v) is 3.60. The van der Waals surface area contributed by atoms with E-state index in [4.69, 9.17) is 0 Å². The van der Waals surface area contributed by atoms with Crippen LogP contribution >= 0.6 is 11.3 Å².